The highest BCUT2D eigenvalue weighted by molar-refractivity contribution is 7.90. The summed E-state index contributed by atoms with van der Waals surface area (Å²) in [5.74, 6) is -0.334. The lowest BCUT2D eigenvalue weighted by Gasteiger charge is -2.14. The van der Waals surface area contributed by atoms with E-state index in [2.05, 4.69) is 9.97 Å². The van der Waals surface area contributed by atoms with Crippen molar-refractivity contribution in [1.82, 2.24) is 14.3 Å². The number of carbonyl (C=O) groups excluding carboxylic acids is 1. The number of pyridine rings is 2. The molecule has 0 fully saturated rings. The van der Waals surface area contributed by atoms with Crippen LogP contribution >= 0.6 is 0 Å². The van der Waals surface area contributed by atoms with Gasteiger partial charge in [-0.1, -0.05) is 6.07 Å². The summed E-state index contributed by atoms with van der Waals surface area (Å²) in [5.41, 5.74) is 6.02. The zero-order valence-corrected chi connectivity index (χ0v) is 11.0. The van der Waals surface area contributed by atoms with Gasteiger partial charge in [0.05, 0.1) is 17.8 Å². The summed E-state index contributed by atoms with van der Waals surface area (Å²) in [7, 11) is -3.91. The van der Waals surface area contributed by atoms with Gasteiger partial charge in [-0.2, -0.15) is 8.42 Å². The van der Waals surface area contributed by atoms with Crippen molar-refractivity contribution in [1.29, 1.82) is 0 Å². The molecule has 0 aliphatic carbocycles. The van der Waals surface area contributed by atoms with Crippen molar-refractivity contribution in [2.24, 2.45) is 0 Å². The standard InChI is InChI=1S/C12H10N4O3S/c13-10-5-1-3-8(15-10)7-16-12(17)9-4-2-6-14-11(9)20(16,18)19/h1-6H,7H2,(H2,13,15). The van der Waals surface area contributed by atoms with Gasteiger partial charge in [0.1, 0.15) is 5.82 Å². The van der Waals surface area contributed by atoms with Gasteiger partial charge in [0.25, 0.3) is 15.9 Å². The fraction of sp³-hybridized carbons (Fsp3) is 0.0833. The Morgan fingerprint density at radius 2 is 2.00 bits per heavy atom. The number of nitrogen functional groups attached to an aromatic ring is 1. The zero-order chi connectivity index (χ0) is 14.3. The van der Waals surface area contributed by atoms with Crippen LogP contribution in [0.2, 0.25) is 0 Å². The molecule has 2 N–H and O–H groups in total. The second kappa shape index (κ2) is 4.27. The van der Waals surface area contributed by atoms with Crippen molar-refractivity contribution < 1.29 is 13.2 Å². The van der Waals surface area contributed by atoms with Crippen LogP contribution in [0.15, 0.2) is 41.6 Å². The third kappa shape index (κ3) is 1.81. The summed E-state index contributed by atoms with van der Waals surface area (Å²) in [6, 6.07) is 7.80. The van der Waals surface area contributed by atoms with Gasteiger partial charge in [0.15, 0.2) is 5.03 Å². The Balaban J connectivity index is 2.03. The third-order valence-corrected chi connectivity index (χ3v) is 4.59. The van der Waals surface area contributed by atoms with E-state index in [0.29, 0.717) is 5.69 Å². The minimum Gasteiger partial charge on any atom is -0.384 e. The molecule has 2 aromatic heterocycles. The van der Waals surface area contributed by atoms with Gasteiger partial charge in [-0.25, -0.2) is 14.3 Å². The number of nitrogens with zero attached hydrogens (tertiary/aromatic N) is 3. The van der Waals surface area contributed by atoms with E-state index in [0.717, 1.165) is 4.31 Å². The Bertz CT molecular complexity index is 804. The third-order valence-electron chi connectivity index (χ3n) is 2.90. The zero-order valence-electron chi connectivity index (χ0n) is 10.2. The summed E-state index contributed by atoms with van der Waals surface area (Å²) in [4.78, 5) is 19.9. The molecule has 0 bridgehead atoms. The van der Waals surface area contributed by atoms with E-state index in [-0.39, 0.29) is 23.0 Å². The molecule has 1 amide bonds. The van der Waals surface area contributed by atoms with Crippen LogP contribution in [0.4, 0.5) is 5.82 Å². The minimum absolute atomic E-state index is 0.0800. The highest BCUT2D eigenvalue weighted by Gasteiger charge is 2.42. The quantitative estimate of drug-likeness (QED) is 0.858. The molecule has 8 heteroatoms. The highest BCUT2D eigenvalue weighted by atomic mass is 32.2. The van der Waals surface area contributed by atoms with Gasteiger partial charge in [-0.3, -0.25) is 4.79 Å². The Kier molecular flexibility index (Phi) is 2.68. The molecule has 1 aliphatic rings. The molecule has 7 nitrogen and oxygen atoms in total. The smallest absolute Gasteiger partial charge is 0.285 e. The van der Waals surface area contributed by atoms with Crippen LogP contribution in [0.3, 0.4) is 0 Å². The molecule has 102 valence electrons. The van der Waals surface area contributed by atoms with Crippen molar-refractivity contribution in [2.45, 2.75) is 11.6 Å². The summed E-state index contributed by atoms with van der Waals surface area (Å²) in [6.07, 6.45) is 1.34. The molecule has 0 saturated heterocycles. The number of aromatic nitrogens is 2. The molecule has 0 radical (unpaired) electrons. The number of hydrogen-bond acceptors (Lipinski definition) is 6. The van der Waals surface area contributed by atoms with E-state index in [1.807, 2.05) is 0 Å². The molecule has 0 atom stereocenters. The van der Waals surface area contributed by atoms with Crippen LogP contribution in [-0.4, -0.2) is 28.6 Å². The van der Waals surface area contributed by atoms with Crippen molar-refractivity contribution in [3.8, 4) is 0 Å². The number of rotatable bonds is 2. The Hall–Kier alpha value is -2.48. The molecule has 3 rings (SSSR count). The molecule has 0 unspecified atom stereocenters. The van der Waals surface area contributed by atoms with Crippen molar-refractivity contribution in [3.63, 3.8) is 0 Å². The summed E-state index contributed by atoms with van der Waals surface area (Å²) in [6.45, 7) is -0.164. The van der Waals surface area contributed by atoms with E-state index in [9.17, 15) is 13.2 Å². The van der Waals surface area contributed by atoms with E-state index in [1.165, 1.54) is 18.3 Å². The number of anilines is 1. The van der Waals surface area contributed by atoms with Crippen molar-refractivity contribution >= 4 is 21.7 Å². The lowest BCUT2D eigenvalue weighted by Crippen LogP contribution is -2.30. The van der Waals surface area contributed by atoms with Crippen LogP contribution in [0.1, 0.15) is 16.1 Å². The van der Waals surface area contributed by atoms with Crippen molar-refractivity contribution in [3.05, 3.63) is 47.8 Å². The monoisotopic (exact) mass is 290 g/mol. The lowest BCUT2D eigenvalue weighted by molar-refractivity contribution is 0.0863. The van der Waals surface area contributed by atoms with Gasteiger partial charge in [0, 0.05) is 6.20 Å². The Morgan fingerprint density at radius 1 is 1.20 bits per heavy atom. The highest BCUT2D eigenvalue weighted by Crippen LogP contribution is 2.29. The maximum atomic E-state index is 12.3. The van der Waals surface area contributed by atoms with Crippen LogP contribution in [0.5, 0.6) is 0 Å². The normalized spacial score (nSPS) is 16.2. The van der Waals surface area contributed by atoms with E-state index < -0.39 is 15.9 Å². The first-order valence-electron chi connectivity index (χ1n) is 5.73. The first kappa shape index (κ1) is 12.5. The second-order valence-electron chi connectivity index (χ2n) is 4.23. The number of fused-ring (bicyclic) bond motifs is 1. The number of nitrogens with two attached hydrogens (primary N) is 1. The first-order valence-corrected chi connectivity index (χ1v) is 7.17. The second-order valence-corrected chi connectivity index (χ2v) is 6.00. The van der Waals surface area contributed by atoms with Crippen LogP contribution in [-0.2, 0) is 16.6 Å². The molecule has 20 heavy (non-hydrogen) atoms. The van der Waals surface area contributed by atoms with E-state index >= 15 is 0 Å². The molecular weight excluding hydrogens is 280 g/mol. The maximum absolute atomic E-state index is 12.3. The lowest BCUT2D eigenvalue weighted by atomic mass is 10.2. The number of sulfonamides is 1. The fourth-order valence-corrected chi connectivity index (χ4v) is 3.45. The van der Waals surface area contributed by atoms with Gasteiger partial charge in [0.2, 0.25) is 0 Å². The van der Waals surface area contributed by atoms with Gasteiger partial charge in [-0.15, -0.1) is 0 Å². The Morgan fingerprint density at radius 3 is 2.70 bits per heavy atom. The van der Waals surface area contributed by atoms with Gasteiger partial charge < -0.3 is 5.73 Å². The largest absolute Gasteiger partial charge is 0.384 e. The molecule has 3 heterocycles. The number of hydrogen-bond donors (Lipinski definition) is 1. The van der Waals surface area contributed by atoms with Crippen LogP contribution in [0.25, 0.3) is 0 Å². The summed E-state index contributed by atoms with van der Waals surface area (Å²) < 4.78 is 25.3. The first-order chi connectivity index (χ1) is 9.50. The van der Waals surface area contributed by atoms with Crippen LogP contribution in [0, 0.1) is 0 Å². The number of amides is 1. The molecule has 2 aromatic rings. The topological polar surface area (TPSA) is 106 Å². The predicted octanol–water partition coefficient (Wildman–Crippen LogP) is 0.403. The van der Waals surface area contributed by atoms with Gasteiger partial charge >= 0.3 is 0 Å². The predicted molar refractivity (Wildman–Crippen MR) is 69.9 cm³/mol. The summed E-state index contributed by atoms with van der Waals surface area (Å²) >= 11 is 0. The van der Waals surface area contributed by atoms with E-state index in [4.69, 9.17) is 5.73 Å². The fourth-order valence-electron chi connectivity index (χ4n) is 2.00. The van der Waals surface area contributed by atoms with Crippen molar-refractivity contribution in [2.75, 3.05) is 5.73 Å². The minimum atomic E-state index is -3.91. The molecule has 0 saturated carbocycles. The van der Waals surface area contributed by atoms with E-state index in [1.54, 1.807) is 18.2 Å². The van der Waals surface area contributed by atoms with Crippen LogP contribution < -0.4 is 5.73 Å². The summed E-state index contributed by atoms with van der Waals surface area (Å²) in [5, 5.41) is -0.214. The maximum Gasteiger partial charge on any atom is 0.285 e. The average molecular weight is 290 g/mol. The Labute approximate surface area is 115 Å². The molecule has 0 spiro atoms. The molecular formula is C12H10N4O3S. The molecule has 1 aliphatic heterocycles. The van der Waals surface area contributed by atoms with Gasteiger partial charge in [-0.05, 0) is 24.3 Å². The number of carbonyl (C=O) groups is 1. The molecule has 0 aromatic carbocycles. The SMILES string of the molecule is Nc1cccc(CN2C(=O)c3cccnc3S2(=O)=O)n1. The average Bonchev–Trinajstić information content (AvgIpc) is 2.61.